The molecule has 4 nitrogen and oxygen atoms in total. The second kappa shape index (κ2) is 9.72. The van der Waals surface area contributed by atoms with Gasteiger partial charge in [-0.05, 0) is 12.5 Å². The van der Waals surface area contributed by atoms with Gasteiger partial charge < -0.3 is 9.47 Å². The lowest BCUT2D eigenvalue weighted by Gasteiger charge is -2.06. The van der Waals surface area contributed by atoms with Gasteiger partial charge in [0.1, 0.15) is 5.02 Å². The largest absolute Gasteiger partial charge is 0.463 e. The Morgan fingerprint density at radius 2 is 1.77 bits per heavy atom. The topological polar surface area (TPSA) is 52.6 Å². The maximum Gasteiger partial charge on any atom is 0.336 e. The number of halogens is 3. The Bertz CT molecular complexity index is 570. The molecule has 0 spiro atoms. The Balaban J connectivity index is 2.52. The number of unbranched alkanes of at least 4 members (excludes halogenated alkanes) is 2. The third kappa shape index (κ3) is 6.69. The Hall–Kier alpha value is -1.23. The molecule has 0 aliphatic rings. The summed E-state index contributed by atoms with van der Waals surface area (Å²) in [6.45, 7) is 2.37. The molecule has 1 aromatic rings. The summed E-state index contributed by atoms with van der Waals surface area (Å²) in [5.74, 6) is -1.38. The first-order valence-electron chi connectivity index (χ1n) is 6.65. The Kier molecular flexibility index (Phi) is 8.31. The van der Waals surface area contributed by atoms with Gasteiger partial charge in [-0.3, -0.25) is 0 Å². The molecule has 0 fully saturated rings. The van der Waals surface area contributed by atoms with Gasteiger partial charge in [0.2, 0.25) is 0 Å². The van der Waals surface area contributed by atoms with E-state index in [0.29, 0.717) is 6.61 Å². The fourth-order valence-corrected chi connectivity index (χ4v) is 2.08. The van der Waals surface area contributed by atoms with E-state index in [1.165, 1.54) is 12.1 Å². The second-order valence-electron chi connectivity index (χ2n) is 4.33. The molecule has 0 N–H and O–H groups in total. The van der Waals surface area contributed by atoms with Crippen LogP contribution in [0.3, 0.4) is 0 Å². The van der Waals surface area contributed by atoms with Crippen LogP contribution in [0.2, 0.25) is 15.1 Å². The van der Waals surface area contributed by atoms with Crippen LogP contribution >= 0.6 is 34.8 Å². The standard InChI is InChI=1S/C15H15Cl3O4/c1-2-3-4-7-21-13(19)5-6-14(20)22-12-9-10(16)8-11(17)15(12)18/h5-6,8-9H,2-4,7H2,1H3/b6-5+. The van der Waals surface area contributed by atoms with Crippen LogP contribution in [0.15, 0.2) is 24.3 Å². The molecule has 0 heterocycles. The van der Waals surface area contributed by atoms with Gasteiger partial charge >= 0.3 is 11.9 Å². The zero-order chi connectivity index (χ0) is 16.5. The fraction of sp³-hybridized carbons (Fsp3) is 0.333. The number of ether oxygens (including phenoxy) is 2. The minimum Gasteiger partial charge on any atom is -0.463 e. The minimum atomic E-state index is -0.786. The Labute approximate surface area is 143 Å². The van der Waals surface area contributed by atoms with E-state index in [9.17, 15) is 9.59 Å². The van der Waals surface area contributed by atoms with E-state index in [4.69, 9.17) is 44.3 Å². The van der Waals surface area contributed by atoms with Crippen LogP contribution in [0.25, 0.3) is 0 Å². The van der Waals surface area contributed by atoms with Gasteiger partial charge in [-0.1, -0.05) is 54.6 Å². The monoisotopic (exact) mass is 364 g/mol. The van der Waals surface area contributed by atoms with Crippen molar-refractivity contribution in [1.29, 1.82) is 0 Å². The van der Waals surface area contributed by atoms with Gasteiger partial charge in [0.15, 0.2) is 5.75 Å². The lowest BCUT2D eigenvalue weighted by atomic mass is 10.3. The van der Waals surface area contributed by atoms with E-state index < -0.39 is 11.9 Å². The molecule has 0 saturated carbocycles. The number of rotatable bonds is 7. The van der Waals surface area contributed by atoms with Gasteiger partial charge in [-0.15, -0.1) is 0 Å². The van der Waals surface area contributed by atoms with E-state index in [2.05, 4.69) is 0 Å². The molecule has 120 valence electrons. The lowest BCUT2D eigenvalue weighted by molar-refractivity contribution is -0.138. The van der Waals surface area contributed by atoms with Gasteiger partial charge in [-0.25, -0.2) is 9.59 Å². The molecule has 1 rings (SSSR count). The van der Waals surface area contributed by atoms with Crippen LogP contribution in [0.4, 0.5) is 0 Å². The zero-order valence-corrected chi connectivity index (χ0v) is 14.2. The highest BCUT2D eigenvalue weighted by Gasteiger charge is 2.11. The smallest absolute Gasteiger partial charge is 0.336 e. The molecule has 7 heteroatoms. The van der Waals surface area contributed by atoms with E-state index in [-0.39, 0.29) is 20.8 Å². The summed E-state index contributed by atoms with van der Waals surface area (Å²) < 4.78 is 9.87. The summed E-state index contributed by atoms with van der Waals surface area (Å²) >= 11 is 17.5. The van der Waals surface area contributed by atoms with Crippen molar-refractivity contribution < 1.29 is 19.1 Å². The van der Waals surface area contributed by atoms with Crippen molar-refractivity contribution in [3.63, 3.8) is 0 Å². The third-order valence-corrected chi connectivity index (χ3v) is 3.52. The van der Waals surface area contributed by atoms with Crippen LogP contribution < -0.4 is 4.74 Å². The highest BCUT2D eigenvalue weighted by Crippen LogP contribution is 2.35. The first kappa shape index (κ1) is 18.8. The van der Waals surface area contributed by atoms with E-state index in [0.717, 1.165) is 31.4 Å². The van der Waals surface area contributed by atoms with Crippen LogP contribution in [0.1, 0.15) is 26.2 Å². The van der Waals surface area contributed by atoms with Gasteiger partial charge in [-0.2, -0.15) is 0 Å². The number of carbonyl (C=O) groups is 2. The molecule has 0 bridgehead atoms. The summed E-state index contributed by atoms with van der Waals surface area (Å²) in [6.07, 6.45) is 4.74. The van der Waals surface area contributed by atoms with Crippen molar-refractivity contribution in [2.24, 2.45) is 0 Å². The number of carbonyl (C=O) groups excluding carboxylic acids is 2. The average molecular weight is 366 g/mol. The van der Waals surface area contributed by atoms with Crippen LogP contribution in [0.5, 0.6) is 5.75 Å². The molecule has 0 aliphatic carbocycles. The fourth-order valence-electron chi connectivity index (χ4n) is 1.46. The molecular formula is C15H15Cl3O4. The van der Waals surface area contributed by atoms with E-state index in [1.54, 1.807) is 0 Å². The summed E-state index contributed by atoms with van der Waals surface area (Å²) in [6, 6.07) is 2.77. The number of hydrogen-bond donors (Lipinski definition) is 0. The van der Waals surface area contributed by atoms with E-state index in [1.807, 2.05) is 6.92 Å². The molecule has 0 unspecified atom stereocenters. The first-order valence-corrected chi connectivity index (χ1v) is 7.78. The van der Waals surface area contributed by atoms with Crippen LogP contribution in [0, 0.1) is 0 Å². The van der Waals surface area contributed by atoms with Gasteiger partial charge in [0.25, 0.3) is 0 Å². The third-order valence-electron chi connectivity index (χ3n) is 2.52. The number of benzene rings is 1. The highest BCUT2D eigenvalue weighted by atomic mass is 35.5. The average Bonchev–Trinajstić information content (AvgIpc) is 2.46. The minimum absolute atomic E-state index is 0.0186. The first-order chi connectivity index (χ1) is 10.4. The second-order valence-corrected chi connectivity index (χ2v) is 5.55. The molecule has 0 amide bonds. The maximum absolute atomic E-state index is 11.6. The molecular weight excluding hydrogens is 351 g/mol. The van der Waals surface area contributed by atoms with Gasteiger partial charge in [0, 0.05) is 23.2 Å². The number of esters is 2. The number of hydrogen-bond acceptors (Lipinski definition) is 4. The van der Waals surface area contributed by atoms with E-state index >= 15 is 0 Å². The van der Waals surface area contributed by atoms with Crippen molar-refractivity contribution in [2.75, 3.05) is 6.61 Å². The molecule has 0 saturated heterocycles. The predicted octanol–water partition coefficient (Wildman–Crippen LogP) is 4.84. The molecule has 0 aliphatic heterocycles. The Morgan fingerprint density at radius 1 is 1.09 bits per heavy atom. The summed E-state index contributed by atoms with van der Waals surface area (Å²) in [5, 5.41) is 0.503. The van der Waals surface area contributed by atoms with Crippen LogP contribution in [-0.2, 0) is 14.3 Å². The SMILES string of the molecule is CCCCCOC(=O)/C=C/C(=O)Oc1cc(Cl)cc(Cl)c1Cl. The molecule has 22 heavy (non-hydrogen) atoms. The molecule has 0 atom stereocenters. The van der Waals surface area contributed by atoms with Crippen molar-refractivity contribution in [3.05, 3.63) is 39.4 Å². The van der Waals surface area contributed by atoms with Crippen LogP contribution in [-0.4, -0.2) is 18.5 Å². The molecule has 0 radical (unpaired) electrons. The van der Waals surface area contributed by atoms with Crippen molar-refractivity contribution in [1.82, 2.24) is 0 Å². The predicted molar refractivity (Wildman–Crippen MR) is 86.7 cm³/mol. The summed E-state index contributed by atoms with van der Waals surface area (Å²) in [5.41, 5.74) is 0. The Morgan fingerprint density at radius 3 is 2.45 bits per heavy atom. The molecule has 1 aromatic carbocycles. The van der Waals surface area contributed by atoms with Crippen molar-refractivity contribution in [2.45, 2.75) is 26.2 Å². The quantitative estimate of drug-likeness (QED) is 0.228. The summed E-state index contributed by atoms with van der Waals surface area (Å²) in [7, 11) is 0. The lowest BCUT2D eigenvalue weighted by Crippen LogP contribution is -2.07. The maximum atomic E-state index is 11.6. The highest BCUT2D eigenvalue weighted by molar-refractivity contribution is 6.44. The zero-order valence-electron chi connectivity index (χ0n) is 11.9. The van der Waals surface area contributed by atoms with Crippen molar-refractivity contribution >= 4 is 46.7 Å². The molecule has 0 aromatic heterocycles. The van der Waals surface area contributed by atoms with Gasteiger partial charge in [0.05, 0.1) is 11.6 Å². The van der Waals surface area contributed by atoms with Crippen molar-refractivity contribution in [3.8, 4) is 5.75 Å². The normalized spacial score (nSPS) is 10.7. The summed E-state index contributed by atoms with van der Waals surface area (Å²) in [4.78, 5) is 23.0.